The molecule has 3 N–H and O–H groups in total. The smallest absolute Gasteiger partial charge is 0.255 e. The average molecular weight is 344 g/mol. The third kappa shape index (κ3) is 4.13. The molecule has 1 fully saturated rings. The highest BCUT2D eigenvalue weighted by Gasteiger charge is 2.21. The van der Waals surface area contributed by atoms with Gasteiger partial charge in [0.1, 0.15) is 0 Å². The molecule has 0 spiro atoms. The van der Waals surface area contributed by atoms with Crippen LogP contribution in [-0.2, 0) is 4.79 Å². The van der Waals surface area contributed by atoms with Crippen LogP contribution in [-0.4, -0.2) is 24.4 Å². The van der Waals surface area contributed by atoms with Crippen molar-refractivity contribution in [3.8, 4) is 0 Å². The topological polar surface area (TPSA) is 70.2 Å². The first-order valence-corrected chi connectivity index (χ1v) is 8.21. The van der Waals surface area contributed by atoms with Crippen molar-refractivity contribution >= 4 is 34.8 Å². The molecule has 124 valence electrons. The lowest BCUT2D eigenvalue weighted by Gasteiger charge is -2.12. The zero-order valence-corrected chi connectivity index (χ0v) is 13.8. The van der Waals surface area contributed by atoms with E-state index in [2.05, 4.69) is 16.0 Å². The van der Waals surface area contributed by atoms with Crippen LogP contribution in [0.25, 0.3) is 0 Å². The van der Waals surface area contributed by atoms with Crippen LogP contribution in [0.3, 0.4) is 0 Å². The second-order valence-electron chi connectivity index (χ2n) is 5.68. The number of halogens is 1. The zero-order valence-electron chi connectivity index (χ0n) is 13.0. The van der Waals surface area contributed by atoms with Crippen LogP contribution in [0.5, 0.6) is 0 Å². The molecule has 3 rings (SSSR count). The van der Waals surface area contributed by atoms with E-state index < -0.39 is 0 Å². The fourth-order valence-corrected chi connectivity index (χ4v) is 2.71. The number of nitrogens with one attached hydrogen (secondary N) is 3. The fourth-order valence-electron chi connectivity index (χ4n) is 2.58. The van der Waals surface area contributed by atoms with Gasteiger partial charge in [0, 0.05) is 22.0 Å². The normalized spacial score (nSPS) is 16.6. The molecule has 0 bridgehead atoms. The number of rotatable bonds is 4. The number of hydrogen-bond acceptors (Lipinski definition) is 3. The summed E-state index contributed by atoms with van der Waals surface area (Å²) in [4.78, 5) is 24.2. The molecule has 0 aliphatic carbocycles. The predicted octanol–water partition coefficient (Wildman–Crippen LogP) is 3.28. The highest BCUT2D eigenvalue weighted by molar-refractivity contribution is 6.30. The molecule has 1 aliphatic heterocycles. The molecule has 2 aromatic rings. The van der Waals surface area contributed by atoms with Crippen LogP contribution in [0.2, 0.25) is 5.02 Å². The molecular weight excluding hydrogens is 326 g/mol. The Morgan fingerprint density at radius 1 is 0.958 bits per heavy atom. The molecule has 2 aromatic carbocycles. The third-order valence-electron chi connectivity index (χ3n) is 3.89. The molecule has 5 nitrogen and oxygen atoms in total. The zero-order chi connectivity index (χ0) is 16.9. The second kappa shape index (κ2) is 7.47. The SMILES string of the molecule is O=C(Nc1ccc(NC(=O)[C@@H]2CCCN2)cc1)c1ccc(Cl)cc1. The monoisotopic (exact) mass is 343 g/mol. The van der Waals surface area contributed by atoms with Crippen LogP contribution in [0.1, 0.15) is 23.2 Å². The molecule has 1 atom stereocenters. The van der Waals surface area contributed by atoms with Crippen molar-refractivity contribution in [2.45, 2.75) is 18.9 Å². The van der Waals surface area contributed by atoms with Crippen LogP contribution >= 0.6 is 11.6 Å². The maximum Gasteiger partial charge on any atom is 0.255 e. The summed E-state index contributed by atoms with van der Waals surface area (Å²) >= 11 is 5.81. The Labute approximate surface area is 145 Å². The van der Waals surface area contributed by atoms with Gasteiger partial charge in [0.15, 0.2) is 0 Å². The van der Waals surface area contributed by atoms with Gasteiger partial charge in [-0.15, -0.1) is 0 Å². The van der Waals surface area contributed by atoms with Gasteiger partial charge in [-0.25, -0.2) is 0 Å². The molecule has 0 radical (unpaired) electrons. The van der Waals surface area contributed by atoms with Crippen molar-refractivity contribution in [3.05, 3.63) is 59.1 Å². The molecule has 1 aliphatic rings. The molecule has 0 unspecified atom stereocenters. The van der Waals surface area contributed by atoms with Gasteiger partial charge in [0.2, 0.25) is 5.91 Å². The Morgan fingerprint density at radius 3 is 2.17 bits per heavy atom. The molecule has 6 heteroatoms. The minimum absolute atomic E-state index is 0.0227. The standard InChI is InChI=1S/C18H18ClN3O2/c19-13-5-3-12(4-6-13)17(23)21-14-7-9-15(10-8-14)22-18(24)16-2-1-11-20-16/h3-10,16,20H,1-2,11H2,(H,21,23)(H,22,24)/t16-/m0/s1. The van der Waals surface area contributed by atoms with Gasteiger partial charge in [-0.2, -0.15) is 0 Å². The Morgan fingerprint density at radius 2 is 1.58 bits per heavy atom. The van der Waals surface area contributed by atoms with E-state index in [9.17, 15) is 9.59 Å². The minimum Gasteiger partial charge on any atom is -0.325 e. The van der Waals surface area contributed by atoms with Crippen molar-refractivity contribution in [2.75, 3.05) is 17.2 Å². The van der Waals surface area contributed by atoms with Crippen LogP contribution in [0, 0.1) is 0 Å². The summed E-state index contributed by atoms with van der Waals surface area (Å²) in [6.45, 7) is 0.883. The maximum atomic E-state index is 12.1. The van der Waals surface area contributed by atoms with E-state index in [0.717, 1.165) is 19.4 Å². The molecule has 2 amide bonds. The number of hydrogen-bond donors (Lipinski definition) is 3. The minimum atomic E-state index is -0.210. The summed E-state index contributed by atoms with van der Waals surface area (Å²) in [6.07, 6.45) is 1.88. The van der Waals surface area contributed by atoms with Gasteiger partial charge in [-0.3, -0.25) is 9.59 Å². The van der Waals surface area contributed by atoms with Crippen LogP contribution < -0.4 is 16.0 Å². The van der Waals surface area contributed by atoms with Gasteiger partial charge in [0.25, 0.3) is 5.91 Å². The first-order valence-electron chi connectivity index (χ1n) is 7.83. The maximum absolute atomic E-state index is 12.1. The van der Waals surface area contributed by atoms with Crippen molar-refractivity contribution in [1.82, 2.24) is 5.32 Å². The van der Waals surface area contributed by atoms with E-state index in [-0.39, 0.29) is 17.9 Å². The summed E-state index contributed by atoms with van der Waals surface area (Å²) in [5.41, 5.74) is 1.90. The van der Waals surface area contributed by atoms with Gasteiger partial charge in [-0.1, -0.05) is 11.6 Å². The molecule has 0 aromatic heterocycles. The van der Waals surface area contributed by atoms with Crippen molar-refractivity contribution in [2.24, 2.45) is 0 Å². The van der Waals surface area contributed by atoms with Gasteiger partial charge in [-0.05, 0) is 67.9 Å². The lowest BCUT2D eigenvalue weighted by atomic mass is 10.2. The summed E-state index contributed by atoms with van der Waals surface area (Å²) in [7, 11) is 0. The van der Waals surface area contributed by atoms with E-state index in [0.29, 0.717) is 22.0 Å². The highest BCUT2D eigenvalue weighted by Crippen LogP contribution is 2.17. The summed E-state index contributed by atoms with van der Waals surface area (Å²) < 4.78 is 0. The Bertz CT molecular complexity index is 723. The van der Waals surface area contributed by atoms with E-state index >= 15 is 0 Å². The summed E-state index contributed by atoms with van der Waals surface area (Å²) in [5.74, 6) is -0.232. The number of amides is 2. The van der Waals surface area contributed by atoms with E-state index in [1.54, 1.807) is 48.5 Å². The Balaban J connectivity index is 1.58. The van der Waals surface area contributed by atoms with Gasteiger partial charge < -0.3 is 16.0 Å². The lowest BCUT2D eigenvalue weighted by Crippen LogP contribution is -2.35. The number of benzene rings is 2. The van der Waals surface area contributed by atoms with Gasteiger partial charge in [0.05, 0.1) is 6.04 Å². The summed E-state index contributed by atoms with van der Waals surface area (Å²) in [5, 5.41) is 9.42. The Kier molecular flexibility index (Phi) is 5.13. The number of anilines is 2. The highest BCUT2D eigenvalue weighted by atomic mass is 35.5. The molecule has 0 saturated carbocycles. The van der Waals surface area contributed by atoms with E-state index in [4.69, 9.17) is 11.6 Å². The quantitative estimate of drug-likeness (QED) is 0.797. The van der Waals surface area contributed by atoms with Gasteiger partial charge >= 0.3 is 0 Å². The van der Waals surface area contributed by atoms with Crippen molar-refractivity contribution in [1.29, 1.82) is 0 Å². The van der Waals surface area contributed by atoms with Crippen molar-refractivity contribution in [3.63, 3.8) is 0 Å². The summed E-state index contributed by atoms with van der Waals surface area (Å²) in [6, 6.07) is 13.6. The lowest BCUT2D eigenvalue weighted by molar-refractivity contribution is -0.117. The predicted molar refractivity (Wildman–Crippen MR) is 95.5 cm³/mol. The second-order valence-corrected chi connectivity index (χ2v) is 6.11. The fraction of sp³-hybridized carbons (Fsp3) is 0.222. The van der Waals surface area contributed by atoms with Crippen molar-refractivity contribution < 1.29 is 9.59 Å². The largest absolute Gasteiger partial charge is 0.325 e. The number of carbonyl (C=O) groups excluding carboxylic acids is 2. The molecular formula is C18H18ClN3O2. The molecule has 1 saturated heterocycles. The van der Waals surface area contributed by atoms with E-state index in [1.807, 2.05) is 0 Å². The third-order valence-corrected chi connectivity index (χ3v) is 4.15. The van der Waals surface area contributed by atoms with Crippen LogP contribution in [0.15, 0.2) is 48.5 Å². The first-order chi connectivity index (χ1) is 11.6. The van der Waals surface area contributed by atoms with E-state index in [1.165, 1.54) is 0 Å². The molecule has 1 heterocycles. The van der Waals surface area contributed by atoms with Crippen LogP contribution in [0.4, 0.5) is 11.4 Å². The average Bonchev–Trinajstić information content (AvgIpc) is 3.12. The molecule has 24 heavy (non-hydrogen) atoms. The first kappa shape index (κ1) is 16.5. The Hall–Kier alpha value is -2.37. The number of carbonyl (C=O) groups is 2.